The van der Waals surface area contributed by atoms with Crippen LogP contribution in [0.3, 0.4) is 0 Å². The largest absolute Gasteiger partial charge is 0.360 e. The fourth-order valence-electron chi connectivity index (χ4n) is 1.62. The van der Waals surface area contributed by atoms with Crippen molar-refractivity contribution in [3.05, 3.63) is 39.0 Å². The molecule has 2 rings (SSSR count). The average Bonchev–Trinajstić information content (AvgIpc) is 2.65. The smallest absolute Gasteiger partial charge is 0.329 e. The van der Waals surface area contributed by atoms with E-state index in [4.69, 9.17) is 11.6 Å². The van der Waals surface area contributed by atoms with Gasteiger partial charge in [-0.2, -0.15) is 10.1 Å². The molecule has 1 N–H and O–H groups in total. The fraction of sp³-hybridized carbons (Fsp3) is 0.300. The van der Waals surface area contributed by atoms with Crippen molar-refractivity contribution >= 4 is 23.1 Å². The van der Waals surface area contributed by atoms with Gasteiger partial charge in [-0.25, -0.2) is 4.98 Å². The van der Waals surface area contributed by atoms with E-state index in [1.54, 1.807) is 11.7 Å². The van der Waals surface area contributed by atoms with E-state index >= 15 is 0 Å². The molecule has 0 unspecified atom stereocenters. The number of aryl methyl sites for hydroxylation is 2. The van der Waals surface area contributed by atoms with Gasteiger partial charge in [-0.1, -0.05) is 0 Å². The Kier molecular flexibility index (Phi) is 3.61. The Morgan fingerprint density at radius 3 is 2.89 bits per heavy atom. The van der Waals surface area contributed by atoms with Gasteiger partial charge in [-0.05, 0) is 18.5 Å². The third-order valence-corrected chi connectivity index (χ3v) is 2.68. The SMILES string of the molecule is Cc1nn(C)cc1CNc1nc(Cl)ncc1[N+](=O)[O-]. The zero-order valence-electron chi connectivity index (χ0n) is 10.3. The zero-order valence-corrected chi connectivity index (χ0v) is 11.0. The van der Waals surface area contributed by atoms with Gasteiger partial charge in [0, 0.05) is 25.4 Å². The number of hydrogen-bond donors (Lipinski definition) is 1. The molecule has 0 saturated carbocycles. The van der Waals surface area contributed by atoms with Crippen LogP contribution in [0.1, 0.15) is 11.3 Å². The van der Waals surface area contributed by atoms with Crippen molar-refractivity contribution in [3.63, 3.8) is 0 Å². The molecule has 0 atom stereocenters. The standard InChI is InChI=1S/C10H11ClN6O2/c1-6-7(5-16(2)15-6)3-12-9-8(17(18)19)4-13-10(11)14-9/h4-5H,3H2,1-2H3,(H,12,13,14). The molecule has 2 aromatic heterocycles. The number of nitrogens with zero attached hydrogens (tertiary/aromatic N) is 5. The van der Waals surface area contributed by atoms with Crippen molar-refractivity contribution in [2.45, 2.75) is 13.5 Å². The number of rotatable bonds is 4. The second-order valence-electron chi connectivity index (χ2n) is 3.90. The molecule has 0 spiro atoms. The molecular formula is C10H11ClN6O2. The van der Waals surface area contributed by atoms with Gasteiger partial charge < -0.3 is 5.32 Å². The first-order chi connectivity index (χ1) is 8.97. The second-order valence-corrected chi connectivity index (χ2v) is 4.24. The van der Waals surface area contributed by atoms with Gasteiger partial charge in [-0.3, -0.25) is 14.8 Å². The second kappa shape index (κ2) is 5.19. The summed E-state index contributed by atoms with van der Waals surface area (Å²) in [7, 11) is 1.81. The Balaban J connectivity index is 2.21. The van der Waals surface area contributed by atoms with E-state index in [1.165, 1.54) is 0 Å². The molecule has 100 valence electrons. The molecular weight excluding hydrogens is 272 g/mol. The van der Waals surface area contributed by atoms with E-state index in [2.05, 4.69) is 20.4 Å². The lowest BCUT2D eigenvalue weighted by Gasteiger charge is -2.05. The molecule has 2 heterocycles. The normalized spacial score (nSPS) is 10.5. The predicted octanol–water partition coefficient (Wildman–Crippen LogP) is 1.69. The number of nitrogens with one attached hydrogen (secondary N) is 1. The maximum absolute atomic E-state index is 10.8. The van der Waals surface area contributed by atoms with Gasteiger partial charge in [0.15, 0.2) is 0 Å². The lowest BCUT2D eigenvalue weighted by atomic mass is 10.2. The summed E-state index contributed by atoms with van der Waals surface area (Å²) in [6.07, 6.45) is 2.91. The monoisotopic (exact) mass is 282 g/mol. The van der Waals surface area contributed by atoms with Gasteiger partial charge in [0.25, 0.3) is 0 Å². The lowest BCUT2D eigenvalue weighted by molar-refractivity contribution is -0.384. The van der Waals surface area contributed by atoms with Gasteiger partial charge in [0.2, 0.25) is 11.1 Å². The molecule has 0 saturated heterocycles. The van der Waals surface area contributed by atoms with E-state index in [0.29, 0.717) is 6.54 Å². The summed E-state index contributed by atoms with van der Waals surface area (Å²) in [5.74, 6) is 0.0910. The van der Waals surface area contributed by atoms with E-state index in [1.807, 2.05) is 13.1 Å². The van der Waals surface area contributed by atoms with Crippen LogP contribution < -0.4 is 5.32 Å². The summed E-state index contributed by atoms with van der Waals surface area (Å²) >= 11 is 5.64. The van der Waals surface area contributed by atoms with Gasteiger partial charge >= 0.3 is 5.69 Å². The summed E-state index contributed by atoms with van der Waals surface area (Å²) in [4.78, 5) is 17.7. The van der Waals surface area contributed by atoms with Gasteiger partial charge in [-0.15, -0.1) is 0 Å². The molecule has 0 aliphatic rings. The third kappa shape index (κ3) is 2.97. The fourth-order valence-corrected chi connectivity index (χ4v) is 1.75. The highest BCUT2D eigenvalue weighted by Crippen LogP contribution is 2.22. The van der Waals surface area contributed by atoms with Crippen LogP contribution in [0.4, 0.5) is 11.5 Å². The van der Waals surface area contributed by atoms with Crippen LogP contribution >= 0.6 is 11.6 Å². The zero-order chi connectivity index (χ0) is 14.0. The molecule has 0 amide bonds. The topological polar surface area (TPSA) is 98.8 Å². The molecule has 0 aliphatic carbocycles. The first kappa shape index (κ1) is 13.2. The lowest BCUT2D eigenvalue weighted by Crippen LogP contribution is -2.06. The summed E-state index contributed by atoms with van der Waals surface area (Å²) in [6, 6.07) is 0. The van der Waals surface area contributed by atoms with Crippen LogP contribution in [0.5, 0.6) is 0 Å². The van der Waals surface area contributed by atoms with E-state index in [9.17, 15) is 10.1 Å². The Labute approximate surface area is 113 Å². The molecule has 2 aromatic rings. The van der Waals surface area contributed by atoms with Crippen molar-refractivity contribution in [2.75, 3.05) is 5.32 Å². The van der Waals surface area contributed by atoms with Crippen LogP contribution in [-0.2, 0) is 13.6 Å². The molecule has 19 heavy (non-hydrogen) atoms. The minimum Gasteiger partial charge on any atom is -0.360 e. The average molecular weight is 283 g/mol. The van der Waals surface area contributed by atoms with E-state index in [-0.39, 0.29) is 16.8 Å². The summed E-state index contributed by atoms with van der Waals surface area (Å²) < 4.78 is 1.67. The van der Waals surface area contributed by atoms with Crippen LogP contribution in [0.25, 0.3) is 0 Å². The first-order valence-electron chi connectivity index (χ1n) is 5.37. The van der Waals surface area contributed by atoms with E-state index in [0.717, 1.165) is 17.5 Å². The number of hydrogen-bond acceptors (Lipinski definition) is 6. The predicted molar refractivity (Wildman–Crippen MR) is 69.0 cm³/mol. The molecule has 0 aliphatic heterocycles. The van der Waals surface area contributed by atoms with Crippen molar-refractivity contribution in [3.8, 4) is 0 Å². The van der Waals surface area contributed by atoms with Crippen LogP contribution in [0.2, 0.25) is 5.28 Å². The number of halogens is 1. The summed E-state index contributed by atoms with van der Waals surface area (Å²) in [6.45, 7) is 2.23. The van der Waals surface area contributed by atoms with Crippen molar-refractivity contribution in [2.24, 2.45) is 7.05 Å². The van der Waals surface area contributed by atoms with Gasteiger partial charge in [0.05, 0.1) is 10.6 Å². The molecule has 0 radical (unpaired) electrons. The Morgan fingerprint density at radius 1 is 1.58 bits per heavy atom. The van der Waals surface area contributed by atoms with Crippen LogP contribution in [0, 0.1) is 17.0 Å². The Hall–Kier alpha value is -2.22. The van der Waals surface area contributed by atoms with Crippen molar-refractivity contribution in [1.29, 1.82) is 0 Å². The van der Waals surface area contributed by atoms with Crippen molar-refractivity contribution < 1.29 is 4.92 Å². The van der Waals surface area contributed by atoms with E-state index < -0.39 is 4.92 Å². The third-order valence-electron chi connectivity index (χ3n) is 2.50. The highest BCUT2D eigenvalue weighted by Gasteiger charge is 2.17. The Bertz CT molecular complexity index is 626. The minimum absolute atomic E-state index is 0.0454. The molecule has 0 aromatic carbocycles. The van der Waals surface area contributed by atoms with Crippen LogP contribution in [-0.4, -0.2) is 24.7 Å². The number of aromatic nitrogens is 4. The minimum atomic E-state index is -0.561. The van der Waals surface area contributed by atoms with Crippen LogP contribution in [0.15, 0.2) is 12.4 Å². The maximum Gasteiger partial charge on any atom is 0.329 e. The quantitative estimate of drug-likeness (QED) is 0.520. The number of anilines is 1. The molecule has 8 nitrogen and oxygen atoms in total. The number of nitro groups is 1. The summed E-state index contributed by atoms with van der Waals surface area (Å²) in [5, 5.41) is 17.9. The van der Waals surface area contributed by atoms with Crippen molar-refractivity contribution in [1.82, 2.24) is 19.7 Å². The Morgan fingerprint density at radius 2 is 2.32 bits per heavy atom. The molecule has 9 heteroatoms. The maximum atomic E-state index is 10.8. The van der Waals surface area contributed by atoms with Gasteiger partial charge in [0.1, 0.15) is 6.20 Å². The summed E-state index contributed by atoms with van der Waals surface area (Å²) in [5.41, 5.74) is 1.55. The highest BCUT2D eigenvalue weighted by atomic mass is 35.5. The highest BCUT2D eigenvalue weighted by molar-refractivity contribution is 6.28. The molecule has 0 bridgehead atoms. The first-order valence-corrected chi connectivity index (χ1v) is 5.75. The molecule has 0 fully saturated rings.